The molecule has 1 aromatic rings. The number of hydrogen-bond acceptors (Lipinski definition) is 4. The predicted molar refractivity (Wildman–Crippen MR) is 78.8 cm³/mol. The zero-order valence-electron chi connectivity index (χ0n) is 11.5. The first-order valence-corrected chi connectivity index (χ1v) is 8.75. The van der Waals surface area contributed by atoms with Gasteiger partial charge in [-0.3, -0.25) is 0 Å². The molecule has 0 aromatic heterocycles. The van der Waals surface area contributed by atoms with Gasteiger partial charge in [0.05, 0.1) is 18.8 Å². The molecule has 1 fully saturated rings. The Morgan fingerprint density at radius 2 is 2.24 bits per heavy atom. The molecule has 1 unspecified atom stereocenters. The van der Waals surface area contributed by atoms with Crippen LogP contribution in [0.5, 0.6) is 0 Å². The number of rotatable bonds is 4. The number of hydrogen-bond donors (Lipinski definition) is 2. The molecule has 21 heavy (non-hydrogen) atoms. The highest BCUT2D eigenvalue weighted by Crippen LogP contribution is 2.27. The van der Waals surface area contributed by atoms with Crippen molar-refractivity contribution in [2.24, 2.45) is 0 Å². The summed E-state index contributed by atoms with van der Waals surface area (Å²) in [5.41, 5.74) is -0.833. The molecular formula is C13H17BrFNO4S. The van der Waals surface area contributed by atoms with E-state index >= 15 is 0 Å². The molecule has 1 saturated heterocycles. The molecule has 0 amide bonds. The molecular weight excluding hydrogens is 365 g/mol. The summed E-state index contributed by atoms with van der Waals surface area (Å²) in [6, 6.07) is 2.53. The summed E-state index contributed by atoms with van der Waals surface area (Å²) in [7, 11) is -4.05. The second kappa shape index (κ2) is 6.29. The van der Waals surface area contributed by atoms with Crippen LogP contribution >= 0.6 is 15.9 Å². The van der Waals surface area contributed by atoms with Crippen LogP contribution in [-0.2, 0) is 21.4 Å². The Morgan fingerprint density at radius 1 is 1.52 bits per heavy atom. The molecule has 0 bridgehead atoms. The third-order valence-electron chi connectivity index (χ3n) is 3.36. The van der Waals surface area contributed by atoms with E-state index in [2.05, 4.69) is 20.7 Å². The maximum absolute atomic E-state index is 14.2. The van der Waals surface area contributed by atoms with Gasteiger partial charge in [0.1, 0.15) is 10.7 Å². The average Bonchev–Trinajstić information content (AvgIpc) is 2.40. The Hall–Kier alpha value is -0.540. The van der Waals surface area contributed by atoms with Gasteiger partial charge in [-0.25, -0.2) is 17.5 Å². The van der Waals surface area contributed by atoms with Gasteiger partial charge < -0.3 is 9.84 Å². The standard InChI is InChI=1S/C13H17BrFNO4S/c1-13(3-2-4-20-8-13)16-21(18,19)11-6-10(14)5-9(7-17)12(11)15/h5-6,16-17H,2-4,7-8H2,1H3. The fourth-order valence-corrected chi connectivity index (χ4v) is 4.55. The van der Waals surface area contributed by atoms with Crippen molar-refractivity contribution in [2.45, 2.75) is 36.8 Å². The van der Waals surface area contributed by atoms with Crippen molar-refractivity contribution in [2.75, 3.05) is 13.2 Å². The van der Waals surface area contributed by atoms with Crippen LogP contribution in [0, 0.1) is 5.82 Å². The molecule has 2 rings (SSSR count). The average molecular weight is 382 g/mol. The van der Waals surface area contributed by atoms with E-state index in [-0.39, 0.29) is 12.2 Å². The second-order valence-corrected chi connectivity index (χ2v) is 7.92. The molecule has 0 aliphatic carbocycles. The molecule has 1 aliphatic rings. The summed E-state index contributed by atoms with van der Waals surface area (Å²) >= 11 is 3.12. The molecule has 118 valence electrons. The van der Waals surface area contributed by atoms with Crippen molar-refractivity contribution in [3.05, 3.63) is 28.0 Å². The Balaban J connectivity index is 2.38. The maximum Gasteiger partial charge on any atom is 0.244 e. The number of nitrogens with one attached hydrogen (secondary N) is 1. The highest BCUT2D eigenvalue weighted by Gasteiger charge is 2.34. The van der Waals surface area contributed by atoms with Crippen molar-refractivity contribution in [3.63, 3.8) is 0 Å². The van der Waals surface area contributed by atoms with Crippen LogP contribution in [0.3, 0.4) is 0 Å². The molecule has 1 aromatic carbocycles. The van der Waals surface area contributed by atoms with Gasteiger partial charge in [0.25, 0.3) is 0 Å². The van der Waals surface area contributed by atoms with Crippen LogP contribution in [0.1, 0.15) is 25.3 Å². The lowest BCUT2D eigenvalue weighted by molar-refractivity contribution is 0.0386. The van der Waals surface area contributed by atoms with E-state index in [0.717, 1.165) is 6.42 Å². The first kappa shape index (κ1) is 16.8. The molecule has 0 radical (unpaired) electrons. The van der Waals surface area contributed by atoms with Crippen LogP contribution in [0.15, 0.2) is 21.5 Å². The van der Waals surface area contributed by atoms with E-state index in [1.807, 2.05) is 0 Å². The van der Waals surface area contributed by atoms with Crippen LogP contribution < -0.4 is 4.72 Å². The fourth-order valence-electron chi connectivity index (χ4n) is 2.32. The van der Waals surface area contributed by atoms with Crippen molar-refractivity contribution < 1.29 is 22.7 Å². The first-order chi connectivity index (χ1) is 9.77. The van der Waals surface area contributed by atoms with Gasteiger partial charge in [0, 0.05) is 16.6 Å². The van der Waals surface area contributed by atoms with E-state index in [0.29, 0.717) is 17.5 Å². The van der Waals surface area contributed by atoms with E-state index < -0.39 is 32.9 Å². The van der Waals surface area contributed by atoms with E-state index in [9.17, 15) is 12.8 Å². The molecule has 5 nitrogen and oxygen atoms in total. The second-order valence-electron chi connectivity index (χ2n) is 5.36. The van der Waals surface area contributed by atoms with E-state index in [4.69, 9.17) is 9.84 Å². The summed E-state index contributed by atoms with van der Waals surface area (Å²) in [5, 5.41) is 9.11. The van der Waals surface area contributed by atoms with E-state index in [1.54, 1.807) is 6.92 Å². The SMILES string of the molecule is CC1(NS(=O)(=O)c2cc(Br)cc(CO)c2F)CCCOC1. The summed E-state index contributed by atoms with van der Waals surface area (Å²) < 4.78 is 47.3. The lowest BCUT2D eigenvalue weighted by atomic mass is 9.97. The topological polar surface area (TPSA) is 75.6 Å². The van der Waals surface area contributed by atoms with Crippen LogP contribution in [-0.4, -0.2) is 32.3 Å². The summed E-state index contributed by atoms with van der Waals surface area (Å²) in [6.07, 6.45) is 1.36. The van der Waals surface area contributed by atoms with Crippen molar-refractivity contribution in [1.82, 2.24) is 4.72 Å². The highest BCUT2D eigenvalue weighted by atomic mass is 79.9. The largest absolute Gasteiger partial charge is 0.392 e. The zero-order chi connectivity index (χ0) is 15.7. The van der Waals surface area contributed by atoms with Gasteiger partial charge in [-0.1, -0.05) is 15.9 Å². The number of aliphatic hydroxyl groups is 1. The van der Waals surface area contributed by atoms with Gasteiger partial charge in [0.2, 0.25) is 10.0 Å². The molecule has 8 heteroatoms. The van der Waals surface area contributed by atoms with Crippen molar-refractivity contribution in [1.29, 1.82) is 0 Å². The summed E-state index contributed by atoms with van der Waals surface area (Å²) in [4.78, 5) is -0.479. The Labute approximate surface area is 131 Å². The lowest BCUT2D eigenvalue weighted by Gasteiger charge is -2.33. The minimum absolute atomic E-state index is 0.0743. The third kappa shape index (κ3) is 3.81. The molecule has 0 saturated carbocycles. The number of sulfonamides is 1. The van der Waals surface area contributed by atoms with Crippen molar-refractivity contribution >= 4 is 26.0 Å². The van der Waals surface area contributed by atoms with Crippen molar-refractivity contribution in [3.8, 4) is 0 Å². The Morgan fingerprint density at radius 3 is 2.81 bits per heavy atom. The molecule has 1 aliphatic heterocycles. The minimum Gasteiger partial charge on any atom is -0.392 e. The first-order valence-electron chi connectivity index (χ1n) is 6.48. The lowest BCUT2D eigenvalue weighted by Crippen LogP contribution is -2.51. The Kier molecular flexibility index (Phi) is 5.04. The number of aliphatic hydroxyl groups excluding tert-OH is 1. The predicted octanol–water partition coefficient (Wildman–Crippen LogP) is 1.93. The Bertz CT molecular complexity index is 629. The maximum atomic E-state index is 14.2. The molecule has 1 atom stereocenters. The van der Waals surface area contributed by atoms with Gasteiger partial charge in [-0.05, 0) is 31.9 Å². The smallest absolute Gasteiger partial charge is 0.244 e. The number of ether oxygens (including phenoxy) is 1. The van der Waals surface area contributed by atoms with Gasteiger partial charge in [-0.15, -0.1) is 0 Å². The molecule has 0 spiro atoms. The van der Waals surface area contributed by atoms with Crippen LogP contribution in [0.25, 0.3) is 0 Å². The van der Waals surface area contributed by atoms with Crippen LogP contribution in [0.2, 0.25) is 0 Å². The quantitative estimate of drug-likeness (QED) is 0.835. The van der Waals surface area contributed by atoms with Crippen LogP contribution in [0.4, 0.5) is 4.39 Å². The minimum atomic E-state index is -4.05. The van der Waals surface area contributed by atoms with Gasteiger partial charge in [-0.2, -0.15) is 0 Å². The molecule has 2 N–H and O–H groups in total. The molecule has 1 heterocycles. The number of halogens is 2. The number of benzene rings is 1. The third-order valence-corrected chi connectivity index (χ3v) is 5.45. The normalized spacial score (nSPS) is 23.2. The highest BCUT2D eigenvalue weighted by molar-refractivity contribution is 9.10. The summed E-state index contributed by atoms with van der Waals surface area (Å²) in [6.45, 7) is 1.99. The fraction of sp³-hybridized carbons (Fsp3) is 0.538. The van der Waals surface area contributed by atoms with Gasteiger partial charge in [0.15, 0.2) is 0 Å². The summed E-state index contributed by atoms with van der Waals surface area (Å²) in [5.74, 6) is -0.937. The zero-order valence-corrected chi connectivity index (χ0v) is 13.9. The monoisotopic (exact) mass is 381 g/mol. The van der Waals surface area contributed by atoms with Gasteiger partial charge >= 0.3 is 0 Å². The van der Waals surface area contributed by atoms with E-state index in [1.165, 1.54) is 12.1 Å².